The average molecular weight is 292 g/mol. The second kappa shape index (κ2) is 7.36. The van der Waals surface area contributed by atoms with Crippen LogP contribution in [0, 0.1) is 5.92 Å². The molecule has 1 saturated heterocycles. The summed E-state index contributed by atoms with van der Waals surface area (Å²) in [6.45, 7) is 7.41. The largest absolute Gasteiger partial charge is 0.464 e. The van der Waals surface area contributed by atoms with Gasteiger partial charge >= 0.3 is 5.97 Å². The number of carbonyl (C=O) groups excluding carboxylic acids is 1. The highest BCUT2D eigenvalue weighted by Gasteiger charge is 2.20. The Bertz CT molecular complexity index is 455. The number of ether oxygens (including phenoxy) is 1. The lowest BCUT2D eigenvalue weighted by Gasteiger charge is -2.33. The van der Waals surface area contributed by atoms with Crippen LogP contribution in [0.3, 0.4) is 0 Å². The zero-order valence-electron chi connectivity index (χ0n) is 13.0. The van der Waals surface area contributed by atoms with Gasteiger partial charge in [0.1, 0.15) is 0 Å². The molecule has 21 heavy (non-hydrogen) atoms. The average Bonchev–Trinajstić information content (AvgIpc) is 2.53. The van der Waals surface area contributed by atoms with Crippen LogP contribution in [0.15, 0.2) is 12.1 Å². The highest BCUT2D eigenvalue weighted by Crippen LogP contribution is 2.19. The highest BCUT2D eigenvalue weighted by atomic mass is 16.5. The summed E-state index contributed by atoms with van der Waals surface area (Å²) in [5, 5.41) is 11.6. The topological polar surface area (TPSA) is 67.3 Å². The van der Waals surface area contributed by atoms with Crippen molar-refractivity contribution in [2.75, 3.05) is 31.6 Å². The Labute approximate surface area is 125 Å². The molecule has 0 spiro atoms. The van der Waals surface area contributed by atoms with Crippen molar-refractivity contribution in [2.45, 2.75) is 32.7 Å². The van der Waals surface area contributed by atoms with Crippen molar-refractivity contribution < 1.29 is 9.53 Å². The van der Waals surface area contributed by atoms with Crippen LogP contribution in [0.5, 0.6) is 0 Å². The van der Waals surface area contributed by atoms with Crippen LogP contribution in [-0.2, 0) is 4.74 Å². The molecule has 0 aliphatic carbocycles. The van der Waals surface area contributed by atoms with Gasteiger partial charge in [-0.3, -0.25) is 0 Å². The molecule has 0 amide bonds. The summed E-state index contributed by atoms with van der Waals surface area (Å²) in [5.41, 5.74) is 0.240. The fourth-order valence-electron chi connectivity index (χ4n) is 2.62. The van der Waals surface area contributed by atoms with Gasteiger partial charge in [-0.2, -0.15) is 0 Å². The van der Waals surface area contributed by atoms with Crippen molar-refractivity contribution in [3.63, 3.8) is 0 Å². The molecular formula is C15H24N4O2. The molecule has 1 aromatic heterocycles. The lowest BCUT2D eigenvalue weighted by Crippen LogP contribution is -2.41. The van der Waals surface area contributed by atoms with Gasteiger partial charge in [-0.05, 0) is 57.8 Å². The van der Waals surface area contributed by atoms with Crippen LogP contribution in [0.4, 0.5) is 5.82 Å². The van der Waals surface area contributed by atoms with Gasteiger partial charge < -0.3 is 15.0 Å². The van der Waals surface area contributed by atoms with Crippen molar-refractivity contribution in [1.82, 2.24) is 15.5 Å². The minimum atomic E-state index is -0.457. The molecule has 1 aromatic rings. The molecule has 2 rings (SSSR count). The van der Waals surface area contributed by atoms with Crippen LogP contribution in [0.2, 0.25) is 0 Å². The first-order valence-electron chi connectivity index (χ1n) is 7.51. The number of esters is 1. The maximum absolute atomic E-state index is 11.4. The molecule has 0 radical (unpaired) electrons. The Morgan fingerprint density at radius 1 is 1.48 bits per heavy atom. The molecule has 1 aliphatic heterocycles. The smallest absolute Gasteiger partial charge is 0.358 e. The fraction of sp³-hybridized carbons (Fsp3) is 0.667. The maximum Gasteiger partial charge on any atom is 0.358 e. The van der Waals surface area contributed by atoms with E-state index >= 15 is 0 Å². The third-order valence-corrected chi connectivity index (χ3v) is 3.82. The lowest BCUT2D eigenvalue weighted by atomic mass is 9.98. The standard InChI is InChI=1S/C15H24N4O2/c1-11(2)19(10-12-5-4-8-16-9-12)14-7-6-13(17-18-14)15(20)21-3/h6-7,11-12,16H,4-5,8-10H2,1-3H3. The Balaban J connectivity index is 2.08. The molecule has 116 valence electrons. The second-order valence-electron chi connectivity index (χ2n) is 5.73. The van der Waals surface area contributed by atoms with E-state index in [1.165, 1.54) is 20.0 Å². The summed E-state index contributed by atoms with van der Waals surface area (Å²) in [6.07, 6.45) is 2.47. The Morgan fingerprint density at radius 2 is 2.29 bits per heavy atom. The maximum atomic E-state index is 11.4. The van der Waals surface area contributed by atoms with Gasteiger partial charge in [0.05, 0.1) is 7.11 Å². The molecule has 6 nitrogen and oxygen atoms in total. The predicted octanol–water partition coefficient (Wildman–Crippen LogP) is 1.48. The monoisotopic (exact) mass is 292 g/mol. The van der Waals surface area contributed by atoms with E-state index in [1.807, 2.05) is 6.07 Å². The van der Waals surface area contributed by atoms with Crippen LogP contribution in [0.25, 0.3) is 0 Å². The van der Waals surface area contributed by atoms with Crippen LogP contribution in [0.1, 0.15) is 37.2 Å². The molecule has 1 atom stereocenters. The van der Waals surface area contributed by atoms with Crippen LogP contribution >= 0.6 is 0 Å². The number of hydrogen-bond acceptors (Lipinski definition) is 6. The first kappa shape index (κ1) is 15.7. The van der Waals surface area contributed by atoms with Gasteiger partial charge in [0.15, 0.2) is 11.5 Å². The zero-order valence-corrected chi connectivity index (χ0v) is 13.0. The minimum absolute atomic E-state index is 0.240. The van der Waals surface area contributed by atoms with Gasteiger partial charge in [-0.15, -0.1) is 10.2 Å². The molecule has 0 saturated carbocycles. The lowest BCUT2D eigenvalue weighted by molar-refractivity contribution is 0.0592. The summed E-state index contributed by atoms with van der Waals surface area (Å²) in [4.78, 5) is 13.6. The minimum Gasteiger partial charge on any atom is -0.464 e. The molecule has 1 N–H and O–H groups in total. The molecule has 0 bridgehead atoms. The number of anilines is 1. The van der Waals surface area contributed by atoms with E-state index in [0.717, 1.165) is 25.5 Å². The Kier molecular flexibility index (Phi) is 5.50. The van der Waals surface area contributed by atoms with Crippen molar-refractivity contribution in [2.24, 2.45) is 5.92 Å². The van der Waals surface area contributed by atoms with Gasteiger partial charge in [-0.25, -0.2) is 4.79 Å². The van der Waals surface area contributed by atoms with E-state index in [2.05, 4.69) is 39.0 Å². The number of nitrogens with zero attached hydrogens (tertiary/aromatic N) is 3. The van der Waals surface area contributed by atoms with E-state index in [9.17, 15) is 4.79 Å². The predicted molar refractivity (Wildman–Crippen MR) is 81.4 cm³/mol. The normalized spacial score (nSPS) is 18.6. The van der Waals surface area contributed by atoms with Gasteiger partial charge in [0.2, 0.25) is 0 Å². The van der Waals surface area contributed by atoms with E-state index < -0.39 is 5.97 Å². The molecule has 0 aromatic carbocycles. The molecule has 1 aliphatic rings. The van der Waals surface area contributed by atoms with Crippen molar-refractivity contribution >= 4 is 11.8 Å². The zero-order chi connectivity index (χ0) is 15.2. The van der Waals surface area contributed by atoms with Crippen LogP contribution in [-0.4, -0.2) is 49.0 Å². The number of aromatic nitrogens is 2. The summed E-state index contributed by atoms with van der Waals surface area (Å²) in [5.74, 6) is 0.980. The first-order valence-corrected chi connectivity index (χ1v) is 7.51. The number of carbonyl (C=O) groups is 1. The number of rotatable bonds is 5. The summed E-state index contributed by atoms with van der Waals surface area (Å²) in [7, 11) is 1.34. The third-order valence-electron chi connectivity index (χ3n) is 3.82. The number of piperidine rings is 1. The Morgan fingerprint density at radius 3 is 2.81 bits per heavy atom. The highest BCUT2D eigenvalue weighted by molar-refractivity contribution is 5.86. The van der Waals surface area contributed by atoms with Gasteiger partial charge in [-0.1, -0.05) is 0 Å². The third kappa shape index (κ3) is 4.14. The number of nitrogens with one attached hydrogen (secondary N) is 1. The van der Waals surface area contributed by atoms with E-state index in [0.29, 0.717) is 12.0 Å². The molecule has 2 heterocycles. The fourth-order valence-corrected chi connectivity index (χ4v) is 2.62. The Hall–Kier alpha value is -1.69. The first-order chi connectivity index (χ1) is 10.1. The van der Waals surface area contributed by atoms with E-state index in [-0.39, 0.29) is 5.69 Å². The summed E-state index contributed by atoms with van der Waals surface area (Å²) < 4.78 is 4.64. The van der Waals surface area contributed by atoms with E-state index in [4.69, 9.17) is 0 Å². The van der Waals surface area contributed by atoms with Crippen molar-refractivity contribution in [3.8, 4) is 0 Å². The van der Waals surface area contributed by atoms with Gasteiger partial charge in [0.25, 0.3) is 0 Å². The van der Waals surface area contributed by atoms with Crippen LogP contribution < -0.4 is 10.2 Å². The number of methoxy groups -OCH3 is 1. The summed E-state index contributed by atoms with van der Waals surface area (Å²) in [6, 6.07) is 3.85. The molecular weight excluding hydrogens is 268 g/mol. The molecule has 1 unspecified atom stereocenters. The van der Waals surface area contributed by atoms with E-state index in [1.54, 1.807) is 6.07 Å². The molecule has 6 heteroatoms. The van der Waals surface area contributed by atoms with Gasteiger partial charge in [0, 0.05) is 12.6 Å². The number of hydrogen-bond donors (Lipinski definition) is 1. The quantitative estimate of drug-likeness (QED) is 0.829. The molecule has 1 fully saturated rings. The second-order valence-corrected chi connectivity index (χ2v) is 5.73. The van der Waals surface area contributed by atoms with Crippen molar-refractivity contribution in [3.05, 3.63) is 17.8 Å². The summed E-state index contributed by atoms with van der Waals surface area (Å²) >= 11 is 0. The SMILES string of the molecule is COC(=O)c1ccc(N(CC2CCCNC2)C(C)C)nn1. The van der Waals surface area contributed by atoms with Crippen molar-refractivity contribution in [1.29, 1.82) is 0 Å².